The second-order valence-corrected chi connectivity index (χ2v) is 2.86. The van der Waals surface area contributed by atoms with Crippen LogP contribution in [-0.2, 0) is 9.53 Å². The van der Waals surface area contributed by atoms with Gasteiger partial charge in [0.2, 0.25) is 0 Å². The Bertz CT molecular complexity index is 320. The Morgan fingerprint density at radius 2 is 2.21 bits per heavy atom. The molecule has 75 valence electrons. The van der Waals surface area contributed by atoms with Crippen molar-refractivity contribution < 1.29 is 14.6 Å². The van der Waals surface area contributed by atoms with Gasteiger partial charge in [-0.3, -0.25) is 4.79 Å². The van der Waals surface area contributed by atoms with Gasteiger partial charge in [0.25, 0.3) is 0 Å². The average Bonchev–Trinajstić information content (AvgIpc) is 2.18. The van der Waals surface area contributed by atoms with Crippen molar-refractivity contribution in [1.82, 2.24) is 0 Å². The number of benzene rings is 1. The largest absolute Gasteiger partial charge is 0.508 e. The highest BCUT2D eigenvalue weighted by molar-refractivity contribution is 5.79. The predicted octanol–water partition coefficient (Wildman–Crippen LogP) is 1.87. The van der Waals surface area contributed by atoms with Crippen molar-refractivity contribution in [2.24, 2.45) is 0 Å². The van der Waals surface area contributed by atoms with Gasteiger partial charge >= 0.3 is 5.97 Å². The quantitative estimate of drug-likeness (QED) is 0.745. The van der Waals surface area contributed by atoms with E-state index in [4.69, 9.17) is 4.74 Å². The monoisotopic (exact) mass is 193 g/mol. The van der Waals surface area contributed by atoms with E-state index in [-0.39, 0.29) is 5.75 Å². The zero-order chi connectivity index (χ0) is 10.6. The molecule has 0 bridgehead atoms. The molecule has 1 N–H and O–H groups in total. The third kappa shape index (κ3) is 2.25. The van der Waals surface area contributed by atoms with Crippen LogP contribution < -0.4 is 0 Å². The smallest absolute Gasteiger partial charge is 0.313 e. The zero-order valence-corrected chi connectivity index (χ0v) is 8.06. The molecule has 1 aromatic rings. The predicted molar refractivity (Wildman–Crippen MR) is 52.8 cm³/mol. The molecule has 0 spiro atoms. The van der Waals surface area contributed by atoms with Crippen molar-refractivity contribution in [3.63, 3.8) is 0 Å². The molecule has 0 saturated carbocycles. The Morgan fingerprint density at radius 3 is 2.79 bits per heavy atom. The minimum absolute atomic E-state index is 0.0700. The summed E-state index contributed by atoms with van der Waals surface area (Å²) >= 11 is 0. The fourth-order valence-corrected chi connectivity index (χ4v) is 1.15. The number of esters is 1. The highest BCUT2D eigenvalue weighted by Gasteiger charge is 2.18. The molecule has 0 aromatic heterocycles. The van der Waals surface area contributed by atoms with Crippen LogP contribution in [0.15, 0.2) is 24.3 Å². The molecule has 1 aromatic carbocycles. The van der Waals surface area contributed by atoms with E-state index in [1.165, 1.54) is 6.07 Å². The molecular formula is C11H13O3. The first kappa shape index (κ1) is 10.6. The summed E-state index contributed by atoms with van der Waals surface area (Å²) in [5, 5.41) is 9.45. The van der Waals surface area contributed by atoms with Crippen LogP contribution in [-0.4, -0.2) is 17.7 Å². The third-order valence-corrected chi connectivity index (χ3v) is 1.88. The van der Waals surface area contributed by atoms with Gasteiger partial charge < -0.3 is 9.84 Å². The first-order chi connectivity index (χ1) is 6.66. The van der Waals surface area contributed by atoms with Gasteiger partial charge in [-0.25, -0.2) is 0 Å². The number of phenolic OH excluding ortho intramolecular Hbond substituents is 1. The maximum atomic E-state index is 11.3. The second kappa shape index (κ2) is 4.65. The maximum Gasteiger partial charge on any atom is 0.313 e. The molecule has 0 aliphatic heterocycles. The van der Waals surface area contributed by atoms with Crippen LogP contribution in [0.4, 0.5) is 0 Å². The number of para-hydroxylation sites is 1. The van der Waals surface area contributed by atoms with Crippen LogP contribution >= 0.6 is 0 Å². The molecule has 1 atom stereocenters. The molecule has 3 heteroatoms. The highest BCUT2D eigenvalue weighted by atomic mass is 16.5. The van der Waals surface area contributed by atoms with E-state index in [1.54, 1.807) is 25.1 Å². The zero-order valence-electron chi connectivity index (χ0n) is 8.06. The summed E-state index contributed by atoms with van der Waals surface area (Å²) in [5.74, 6) is -1.02. The topological polar surface area (TPSA) is 46.5 Å². The van der Waals surface area contributed by atoms with E-state index >= 15 is 0 Å². The van der Waals surface area contributed by atoms with Crippen LogP contribution in [0, 0.1) is 6.92 Å². The normalized spacial score (nSPS) is 12.1. The number of ether oxygens (including phenoxy) is 1. The lowest BCUT2D eigenvalue weighted by molar-refractivity contribution is -0.143. The minimum atomic E-state index is -0.670. The first-order valence-corrected chi connectivity index (χ1v) is 4.44. The van der Waals surface area contributed by atoms with Gasteiger partial charge in [-0.1, -0.05) is 18.2 Å². The molecule has 14 heavy (non-hydrogen) atoms. The van der Waals surface area contributed by atoms with E-state index in [0.29, 0.717) is 12.2 Å². The molecule has 1 rings (SSSR count). The van der Waals surface area contributed by atoms with Gasteiger partial charge in [0, 0.05) is 5.56 Å². The van der Waals surface area contributed by atoms with Crippen LogP contribution in [0.1, 0.15) is 18.4 Å². The number of rotatable bonds is 3. The van der Waals surface area contributed by atoms with Gasteiger partial charge in [-0.2, -0.15) is 0 Å². The Balaban J connectivity index is 2.84. The van der Waals surface area contributed by atoms with E-state index in [9.17, 15) is 9.90 Å². The van der Waals surface area contributed by atoms with E-state index in [1.807, 2.05) is 0 Å². The first-order valence-electron chi connectivity index (χ1n) is 4.44. The Morgan fingerprint density at radius 1 is 1.57 bits per heavy atom. The summed E-state index contributed by atoms with van der Waals surface area (Å²) in [6.07, 6.45) is 0. The molecule has 0 aliphatic rings. The summed E-state index contributed by atoms with van der Waals surface area (Å²) < 4.78 is 4.80. The summed E-state index contributed by atoms with van der Waals surface area (Å²) in [6.45, 7) is 5.70. The number of hydrogen-bond acceptors (Lipinski definition) is 3. The van der Waals surface area contributed by atoms with Crippen molar-refractivity contribution in [2.75, 3.05) is 6.61 Å². The molecule has 0 amide bonds. The van der Waals surface area contributed by atoms with Crippen molar-refractivity contribution in [2.45, 2.75) is 12.8 Å². The summed E-state index contributed by atoms with van der Waals surface area (Å²) in [4.78, 5) is 11.3. The second-order valence-electron chi connectivity index (χ2n) is 2.86. The van der Waals surface area contributed by atoms with Crippen molar-refractivity contribution in [1.29, 1.82) is 0 Å². The Kier molecular flexibility index (Phi) is 3.51. The lowest BCUT2D eigenvalue weighted by atomic mass is 10.0. The van der Waals surface area contributed by atoms with Crippen LogP contribution in [0.2, 0.25) is 0 Å². The standard InChI is InChI=1S/C11H13O3/c1-3-14-11(13)8(2)9-6-4-5-7-10(9)12/h4-8,12H,2-3H2,1H3. The molecule has 1 unspecified atom stereocenters. The van der Waals surface area contributed by atoms with Crippen LogP contribution in [0.5, 0.6) is 5.75 Å². The lowest BCUT2D eigenvalue weighted by Gasteiger charge is -2.11. The number of carbonyl (C=O) groups excluding carboxylic acids is 1. The third-order valence-electron chi connectivity index (χ3n) is 1.88. The number of aromatic hydroxyl groups is 1. The molecule has 0 heterocycles. The van der Waals surface area contributed by atoms with E-state index in [2.05, 4.69) is 6.92 Å². The van der Waals surface area contributed by atoms with Crippen molar-refractivity contribution in [3.8, 4) is 5.75 Å². The van der Waals surface area contributed by atoms with Gasteiger partial charge in [-0.05, 0) is 19.9 Å². The number of hydrogen-bond donors (Lipinski definition) is 1. The van der Waals surface area contributed by atoms with Crippen molar-refractivity contribution >= 4 is 5.97 Å². The van der Waals surface area contributed by atoms with Gasteiger partial charge in [0.05, 0.1) is 12.5 Å². The number of carbonyl (C=O) groups is 1. The molecule has 0 fully saturated rings. The van der Waals surface area contributed by atoms with E-state index in [0.717, 1.165) is 0 Å². The fraction of sp³-hybridized carbons (Fsp3) is 0.273. The minimum Gasteiger partial charge on any atom is -0.508 e. The summed E-state index contributed by atoms with van der Waals surface area (Å²) in [5.41, 5.74) is 0.492. The van der Waals surface area contributed by atoms with Crippen molar-refractivity contribution in [3.05, 3.63) is 36.8 Å². The van der Waals surface area contributed by atoms with Crippen LogP contribution in [0.3, 0.4) is 0 Å². The Hall–Kier alpha value is -1.51. The summed E-state index contributed by atoms with van der Waals surface area (Å²) in [7, 11) is 0. The lowest BCUT2D eigenvalue weighted by Crippen LogP contribution is -2.13. The van der Waals surface area contributed by atoms with Gasteiger partial charge in [0.1, 0.15) is 5.75 Å². The fourth-order valence-electron chi connectivity index (χ4n) is 1.15. The van der Waals surface area contributed by atoms with Gasteiger partial charge in [0.15, 0.2) is 0 Å². The van der Waals surface area contributed by atoms with E-state index < -0.39 is 11.9 Å². The molecular weight excluding hydrogens is 180 g/mol. The molecule has 1 radical (unpaired) electrons. The SMILES string of the molecule is [CH2]C(C(=O)OCC)c1ccccc1O. The Labute approximate surface area is 83.3 Å². The molecule has 0 aliphatic carbocycles. The average molecular weight is 193 g/mol. The molecule has 3 nitrogen and oxygen atoms in total. The number of phenols is 1. The maximum absolute atomic E-state index is 11.3. The summed E-state index contributed by atoms with van der Waals surface area (Å²) in [6, 6.07) is 6.61. The van der Waals surface area contributed by atoms with Crippen LogP contribution in [0.25, 0.3) is 0 Å². The molecule has 0 saturated heterocycles. The van der Waals surface area contributed by atoms with Gasteiger partial charge in [-0.15, -0.1) is 0 Å². The highest BCUT2D eigenvalue weighted by Crippen LogP contribution is 2.25.